The van der Waals surface area contributed by atoms with Crippen LogP contribution >= 0.6 is 11.6 Å². The first-order valence-electron chi connectivity index (χ1n) is 6.25. The van der Waals surface area contributed by atoms with E-state index in [1.807, 2.05) is 45.0 Å². The number of halogens is 1. The van der Waals surface area contributed by atoms with Crippen LogP contribution in [0, 0.1) is 5.92 Å². The lowest BCUT2D eigenvalue weighted by Crippen LogP contribution is -2.20. The van der Waals surface area contributed by atoms with Crippen LogP contribution in [0.5, 0.6) is 0 Å². The number of fused-ring (bicyclic) bond motifs is 1. The van der Waals surface area contributed by atoms with Gasteiger partial charge in [0.2, 0.25) is 0 Å². The molecule has 3 nitrogen and oxygen atoms in total. The Kier molecular flexibility index (Phi) is 4.05. The molecule has 2 aromatic rings. The largest absolute Gasteiger partial charge is 0.458 e. The quantitative estimate of drug-likeness (QED) is 0.626. The molecule has 19 heavy (non-hydrogen) atoms. The predicted molar refractivity (Wildman–Crippen MR) is 76.5 cm³/mol. The molecule has 0 aliphatic heterocycles. The minimum absolute atomic E-state index is 0.153. The molecule has 0 amide bonds. The van der Waals surface area contributed by atoms with Crippen molar-refractivity contribution in [2.24, 2.45) is 5.92 Å². The van der Waals surface area contributed by atoms with Gasteiger partial charge in [-0.25, -0.2) is 9.78 Å². The van der Waals surface area contributed by atoms with E-state index in [1.54, 1.807) is 6.07 Å². The van der Waals surface area contributed by atoms with E-state index in [-0.39, 0.29) is 17.7 Å². The van der Waals surface area contributed by atoms with Gasteiger partial charge in [-0.3, -0.25) is 0 Å². The number of aromatic nitrogens is 1. The second kappa shape index (κ2) is 5.57. The van der Waals surface area contributed by atoms with E-state index in [2.05, 4.69) is 4.98 Å². The van der Waals surface area contributed by atoms with E-state index >= 15 is 0 Å². The predicted octanol–water partition coefficient (Wildman–Crippen LogP) is 4.09. The molecule has 0 aliphatic carbocycles. The summed E-state index contributed by atoms with van der Waals surface area (Å²) in [6, 6.07) is 9.25. The Morgan fingerprint density at radius 2 is 1.95 bits per heavy atom. The van der Waals surface area contributed by atoms with Crippen molar-refractivity contribution < 1.29 is 9.53 Å². The van der Waals surface area contributed by atoms with Crippen molar-refractivity contribution in [3.05, 3.63) is 41.2 Å². The molecule has 0 saturated carbocycles. The average Bonchev–Trinajstić information content (AvgIpc) is 2.38. The van der Waals surface area contributed by atoms with Crippen molar-refractivity contribution in [3.63, 3.8) is 0 Å². The lowest BCUT2D eigenvalue weighted by molar-refractivity contribution is 0.0231. The molecule has 0 spiro atoms. The van der Waals surface area contributed by atoms with Crippen molar-refractivity contribution in [2.75, 3.05) is 0 Å². The van der Waals surface area contributed by atoms with Crippen molar-refractivity contribution >= 4 is 28.3 Å². The van der Waals surface area contributed by atoms with Crippen LogP contribution < -0.4 is 0 Å². The first-order valence-corrected chi connectivity index (χ1v) is 6.63. The fourth-order valence-electron chi connectivity index (χ4n) is 1.63. The number of esters is 1. The first-order chi connectivity index (χ1) is 8.99. The average molecular weight is 278 g/mol. The molecule has 1 unspecified atom stereocenters. The van der Waals surface area contributed by atoms with Gasteiger partial charge in [0.25, 0.3) is 0 Å². The molecule has 0 radical (unpaired) electrons. The highest BCUT2D eigenvalue weighted by Crippen LogP contribution is 2.23. The maximum Gasteiger partial charge on any atom is 0.357 e. The van der Waals surface area contributed by atoms with Gasteiger partial charge in [-0.1, -0.05) is 49.7 Å². The summed E-state index contributed by atoms with van der Waals surface area (Å²) >= 11 is 6.09. The number of hydrogen-bond donors (Lipinski definition) is 0. The van der Waals surface area contributed by atoms with E-state index < -0.39 is 5.97 Å². The second-order valence-corrected chi connectivity index (χ2v) is 5.23. The maximum atomic E-state index is 12.0. The smallest absolute Gasteiger partial charge is 0.357 e. The van der Waals surface area contributed by atoms with Gasteiger partial charge in [-0.15, -0.1) is 0 Å². The highest BCUT2D eigenvalue weighted by atomic mass is 35.5. The van der Waals surface area contributed by atoms with Crippen molar-refractivity contribution in [1.82, 2.24) is 4.98 Å². The molecule has 1 atom stereocenters. The minimum atomic E-state index is -0.436. The Bertz CT molecular complexity index is 610. The summed E-state index contributed by atoms with van der Waals surface area (Å²) < 4.78 is 5.34. The molecule has 0 N–H and O–H groups in total. The van der Waals surface area contributed by atoms with Crippen LogP contribution in [-0.4, -0.2) is 17.1 Å². The van der Waals surface area contributed by atoms with Crippen LogP contribution in [0.3, 0.4) is 0 Å². The fourth-order valence-corrected chi connectivity index (χ4v) is 1.89. The molecule has 4 heteroatoms. The Hall–Kier alpha value is -1.61. The van der Waals surface area contributed by atoms with Crippen molar-refractivity contribution in [2.45, 2.75) is 26.9 Å². The second-order valence-electron chi connectivity index (χ2n) is 4.87. The van der Waals surface area contributed by atoms with Gasteiger partial charge in [0, 0.05) is 5.39 Å². The molecule has 100 valence electrons. The van der Waals surface area contributed by atoms with Crippen LogP contribution in [0.4, 0.5) is 0 Å². The molecular formula is C15H16ClNO2. The third-order valence-electron chi connectivity index (χ3n) is 3.13. The van der Waals surface area contributed by atoms with E-state index in [4.69, 9.17) is 16.3 Å². The zero-order valence-electron chi connectivity index (χ0n) is 11.2. The lowest BCUT2D eigenvalue weighted by atomic mass is 10.1. The highest BCUT2D eigenvalue weighted by molar-refractivity contribution is 6.34. The van der Waals surface area contributed by atoms with Gasteiger partial charge >= 0.3 is 5.97 Å². The number of pyridine rings is 1. The molecule has 1 aromatic carbocycles. The molecule has 0 saturated heterocycles. The van der Waals surface area contributed by atoms with Crippen LogP contribution in [0.25, 0.3) is 10.8 Å². The van der Waals surface area contributed by atoms with Crippen LogP contribution in [0.15, 0.2) is 30.3 Å². The molecule has 0 bridgehead atoms. The summed E-state index contributed by atoms with van der Waals surface area (Å²) in [4.78, 5) is 16.1. The Morgan fingerprint density at radius 3 is 2.63 bits per heavy atom. The third kappa shape index (κ3) is 3.04. The minimum Gasteiger partial charge on any atom is -0.458 e. The molecule has 0 aliphatic rings. The zero-order chi connectivity index (χ0) is 14.0. The number of rotatable bonds is 3. The van der Waals surface area contributed by atoms with E-state index in [9.17, 15) is 4.79 Å². The summed E-state index contributed by atoms with van der Waals surface area (Å²) in [6.07, 6.45) is -0.153. The summed E-state index contributed by atoms with van der Waals surface area (Å²) in [5.74, 6) is -0.172. The van der Waals surface area contributed by atoms with E-state index in [1.165, 1.54) is 0 Å². The number of ether oxygens (including phenoxy) is 1. The van der Waals surface area contributed by atoms with Gasteiger partial charge in [-0.05, 0) is 24.3 Å². The van der Waals surface area contributed by atoms with Gasteiger partial charge < -0.3 is 4.74 Å². The van der Waals surface area contributed by atoms with Gasteiger partial charge in [-0.2, -0.15) is 0 Å². The third-order valence-corrected chi connectivity index (χ3v) is 3.42. The van der Waals surface area contributed by atoms with Gasteiger partial charge in [0.05, 0.1) is 0 Å². The summed E-state index contributed by atoms with van der Waals surface area (Å²) in [5.41, 5.74) is 0.246. The molecule has 1 heterocycles. The summed E-state index contributed by atoms with van der Waals surface area (Å²) in [6.45, 7) is 5.86. The number of hydrogen-bond acceptors (Lipinski definition) is 3. The maximum absolute atomic E-state index is 12.0. The Morgan fingerprint density at radius 1 is 1.26 bits per heavy atom. The fraction of sp³-hybridized carbons (Fsp3) is 0.333. The molecular weight excluding hydrogens is 262 g/mol. The standard InChI is InChI=1S/C15H16ClNO2/c1-9(2)10(3)19-15(18)13-8-11-6-4-5-7-12(11)14(16)17-13/h4-10H,1-3H3. The number of benzene rings is 1. The monoisotopic (exact) mass is 277 g/mol. The zero-order valence-corrected chi connectivity index (χ0v) is 11.9. The first kappa shape index (κ1) is 13.8. The highest BCUT2D eigenvalue weighted by Gasteiger charge is 2.17. The van der Waals surface area contributed by atoms with Crippen LogP contribution in [0.1, 0.15) is 31.3 Å². The number of nitrogens with zero attached hydrogens (tertiary/aromatic N) is 1. The lowest BCUT2D eigenvalue weighted by Gasteiger charge is -2.16. The van der Waals surface area contributed by atoms with E-state index in [0.29, 0.717) is 5.15 Å². The summed E-state index contributed by atoms with van der Waals surface area (Å²) in [5, 5.41) is 2.03. The number of carbonyl (C=O) groups excluding carboxylic acids is 1. The van der Waals surface area contributed by atoms with Crippen molar-refractivity contribution in [3.8, 4) is 0 Å². The van der Waals surface area contributed by atoms with Gasteiger partial charge in [0.1, 0.15) is 11.3 Å². The van der Waals surface area contributed by atoms with Gasteiger partial charge in [0.15, 0.2) is 5.69 Å². The van der Waals surface area contributed by atoms with Crippen LogP contribution in [-0.2, 0) is 4.74 Å². The van der Waals surface area contributed by atoms with Crippen molar-refractivity contribution in [1.29, 1.82) is 0 Å². The van der Waals surface area contributed by atoms with E-state index in [0.717, 1.165) is 10.8 Å². The normalized spacial score (nSPS) is 12.7. The van der Waals surface area contributed by atoms with Crippen LogP contribution in [0.2, 0.25) is 5.15 Å². The topological polar surface area (TPSA) is 39.2 Å². The Balaban J connectivity index is 2.33. The Labute approximate surface area is 117 Å². The summed E-state index contributed by atoms with van der Waals surface area (Å²) in [7, 11) is 0. The molecule has 2 rings (SSSR count). The molecule has 0 fully saturated rings. The molecule has 1 aromatic heterocycles. The number of carbonyl (C=O) groups is 1. The SMILES string of the molecule is CC(C)C(C)OC(=O)c1cc2ccccc2c(Cl)n1.